The average Bonchev–Trinajstić information content (AvgIpc) is 2.38. The van der Waals surface area contributed by atoms with Gasteiger partial charge in [-0.25, -0.2) is 0 Å². The first kappa shape index (κ1) is 14.3. The first-order chi connectivity index (χ1) is 9.03. The number of piperidine rings is 1. The molecule has 0 radical (unpaired) electrons. The summed E-state index contributed by atoms with van der Waals surface area (Å²) in [7, 11) is 0. The molecule has 0 spiro atoms. The van der Waals surface area contributed by atoms with Crippen LogP contribution in [-0.2, 0) is 6.54 Å². The third-order valence-electron chi connectivity index (χ3n) is 3.43. The summed E-state index contributed by atoms with van der Waals surface area (Å²) in [4.78, 5) is 2.29. The fourth-order valence-electron chi connectivity index (χ4n) is 2.40. The summed E-state index contributed by atoms with van der Waals surface area (Å²) in [6, 6.07) is 10.1. The Bertz CT molecular complexity index is 370. The largest absolute Gasteiger partial charge is 0.401 e. The first-order valence-corrected chi connectivity index (χ1v) is 6.59. The van der Waals surface area contributed by atoms with Crippen LogP contribution >= 0.6 is 0 Å². The number of hydrogen-bond donors (Lipinski definition) is 1. The molecular formula is C14H19F3N2. The SMILES string of the molecule is FC(F)(F)CNC1CCN(Cc2ccccc2)CC1. The third-order valence-corrected chi connectivity index (χ3v) is 3.43. The molecule has 0 aromatic heterocycles. The van der Waals surface area contributed by atoms with Crippen molar-refractivity contribution in [2.75, 3.05) is 19.6 Å². The lowest BCUT2D eigenvalue weighted by Crippen LogP contribution is -2.44. The highest BCUT2D eigenvalue weighted by molar-refractivity contribution is 5.14. The van der Waals surface area contributed by atoms with Crippen LogP contribution in [0.5, 0.6) is 0 Å². The molecule has 0 unspecified atom stereocenters. The van der Waals surface area contributed by atoms with E-state index in [2.05, 4.69) is 22.3 Å². The standard InChI is InChI=1S/C14H19F3N2/c15-14(16,17)11-18-13-6-8-19(9-7-13)10-12-4-2-1-3-5-12/h1-5,13,18H,6-11H2. The molecule has 1 aromatic rings. The quantitative estimate of drug-likeness (QED) is 0.906. The Balaban J connectivity index is 1.71. The van der Waals surface area contributed by atoms with Crippen molar-refractivity contribution in [3.05, 3.63) is 35.9 Å². The van der Waals surface area contributed by atoms with Gasteiger partial charge in [-0.05, 0) is 31.5 Å². The molecule has 0 bridgehead atoms. The molecule has 2 nitrogen and oxygen atoms in total. The van der Waals surface area contributed by atoms with E-state index in [1.165, 1.54) is 5.56 Å². The predicted octanol–water partition coefficient (Wildman–Crippen LogP) is 2.80. The van der Waals surface area contributed by atoms with Crippen molar-refractivity contribution in [2.24, 2.45) is 0 Å². The smallest absolute Gasteiger partial charge is 0.306 e. The van der Waals surface area contributed by atoms with Gasteiger partial charge in [0.25, 0.3) is 0 Å². The van der Waals surface area contributed by atoms with E-state index in [-0.39, 0.29) is 6.04 Å². The van der Waals surface area contributed by atoms with E-state index in [1.54, 1.807) is 0 Å². The van der Waals surface area contributed by atoms with Gasteiger partial charge in [-0.1, -0.05) is 30.3 Å². The zero-order chi connectivity index (χ0) is 13.7. The minimum absolute atomic E-state index is 0.00588. The van der Waals surface area contributed by atoms with Gasteiger partial charge in [0, 0.05) is 12.6 Å². The number of alkyl halides is 3. The number of rotatable bonds is 4. The zero-order valence-corrected chi connectivity index (χ0v) is 10.8. The summed E-state index contributed by atoms with van der Waals surface area (Å²) >= 11 is 0. The van der Waals surface area contributed by atoms with Gasteiger partial charge in [0.15, 0.2) is 0 Å². The predicted molar refractivity (Wildman–Crippen MR) is 68.8 cm³/mol. The van der Waals surface area contributed by atoms with Gasteiger partial charge >= 0.3 is 6.18 Å². The summed E-state index contributed by atoms with van der Waals surface area (Å²) in [6.07, 6.45) is -2.55. The molecule has 1 aromatic carbocycles. The number of benzene rings is 1. The van der Waals surface area contributed by atoms with E-state index in [0.29, 0.717) is 0 Å². The molecule has 106 valence electrons. The monoisotopic (exact) mass is 272 g/mol. The maximum absolute atomic E-state index is 12.1. The van der Waals surface area contributed by atoms with Gasteiger partial charge in [0.1, 0.15) is 0 Å². The van der Waals surface area contributed by atoms with Gasteiger partial charge in [0.05, 0.1) is 6.54 Å². The number of likely N-dealkylation sites (tertiary alicyclic amines) is 1. The second-order valence-electron chi connectivity index (χ2n) is 5.03. The van der Waals surface area contributed by atoms with Crippen LogP contribution in [0.15, 0.2) is 30.3 Å². The summed E-state index contributed by atoms with van der Waals surface area (Å²) in [5, 5.41) is 2.59. The van der Waals surface area contributed by atoms with Crippen molar-refractivity contribution in [3.63, 3.8) is 0 Å². The van der Waals surface area contributed by atoms with E-state index in [4.69, 9.17) is 0 Å². The summed E-state index contributed by atoms with van der Waals surface area (Å²) in [5.41, 5.74) is 1.25. The van der Waals surface area contributed by atoms with E-state index in [9.17, 15) is 13.2 Å². The van der Waals surface area contributed by atoms with Crippen LogP contribution in [0, 0.1) is 0 Å². The number of nitrogens with one attached hydrogen (secondary N) is 1. The molecule has 1 heterocycles. The highest BCUT2D eigenvalue weighted by atomic mass is 19.4. The van der Waals surface area contributed by atoms with E-state index in [1.807, 2.05) is 18.2 Å². The van der Waals surface area contributed by atoms with E-state index in [0.717, 1.165) is 32.5 Å². The van der Waals surface area contributed by atoms with Crippen LogP contribution in [0.1, 0.15) is 18.4 Å². The Morgan fingerprint density at radius 3 is 2.32 bits per heavy atom. The molecule has 5 heteroatoms. The topological polar surface area (TPSA) is 15.3 Å². The van der Waals surface area contributed by atoms with Crippen LogP contribution in [0.25, 0.3) is 0 Å². The lowest BCUT2D eigenvalue weighted by molar-refractivity contribution is -0.126. The molecular weight excluding hydrogens is 253 g/mol. The zero-order valence-electron chi connectivity index (χ0n) is 10.8. The Labute approximate surface area is 111 Å². The average molecular weight is 272 g/mol. The molecule has 2 rings (SSSR count). The molecule has 0 amide bonds. The lowest BCUT2D eigenvalue weighted by atomic mass is 10.0. The van der Waals surface area contributed by atoms with Crippen molar-refractivity contribution < 1.29 is 13.2 Å². The van der Waals surface area contributed by atoms with Crippen LogP contribution in [0.4, 0.5) is 13.2 Å². The lowest BCUT2D eigenvalue weighted by Gasteiger charge is -2.32. The molecule has 1 saturated heterocycles. The first-order valence-electron chi connectivity index (χ1n) is 6.59. The van der Waals surface area contributed by atoms with E-state index >= 15 is 0 Å². The number of hydrogen-bond acceptors (Lipinski definition) is 2. The molecule has 1 N–H and O–H groups in total. The maximum Gasteiger partial charge on any atom is 0.401 e. The fraction of sp³-hybridized carbons (Fsp3) is 0.571. The molecule has 1 aliphatic heterocycles. The van der Waals surface area contributed by atoms with E-state index < -0.39 is 12.7 Å². The van der Waals surface area contributed by atoms with Crippen LogP contribution in [-0.4, -0.2) is 36.8 Å². The second-order valence-corrected chi connectivity index (χ2v) is 5.03. The van der Waals surface area contributed by atoms with Crippen LogP contribution in [0.3, 0.4) is 0 Å². The number of halogens is 3. The second kappa shape index (κ2) is 6.39. The molecule has 0 saturated carbocycles. The van der Waals surface area contributed by atoms with Crippen LogP contribution in [0.2, 0.25) is 0 Å². The highest BCUT2D eigenvalue weighted by Gasteiger charge is 2.29. The van der Waals surface area contributed by atoms with Gasteiger partial charge in [-0.3, -0.25) is 4.90 Å². The van der Waals surface area contributed by atoms with Crippen LogP contribution < -0.4 is 5.32 Å². The molecule has 1 aliphatic rings. The molecule has 0 aliphatic carbocycles. The van der Waals surface area contributed by atoms with Gasteiger partial charge in [0.2, 0.25) is 0 Å². The fourth-order valence-corrected chi connectivity index (χ4v) is 2.40. The Morgan fingerprint density at radius 2 is 1.74 bits per heavy atom. The third kappa shape index (κ3) is 5.20. The van der Waals surface area contributed by atoms with Gasteiger partial charge < -0.3 is 5.32 Å². The minimum Gasteiger partial charge on any atom is -0.306 e. The van der Waals surface area contributed by atoms with Gasteiger partial charge in [-0.2, -0.15) is 13.2 Å². The van der Waals surface area contributed by atoms with Crippen molar-refractivity contribution in [1.29, 1.82) is 0 Å². The van der Waals surface area contributed by atoms with Crippen molar-refractivity contribution in [1.82, 2.24) is 10.2 Å². The van der Waals surface area contributed by atoms with Crippen molar-refractivity contribution >= 4 is 0 Å². The maximum atomic E-state index is 12.1. The minimum atomic E-state index is -4.11. The van der Waals surface area contributed by atoms with Gasteiger partial charge in [-0.15, -0.1) is 0 Å². The molecule has 1 fully saturated rings. The highest BCUT2D eigenvalue weighted by Crippen LogP contribution is 2.17. The summed E-state index contributed by atoms with van der Waals surface area (Å²) in [6.45, 7) is 1.71. The van der Waals surface area contributed by atoms with Crippen molar-refractivity contribution in [2.45, 2.75) is 31.6 Å². The Kier molecular flexibility index (Phi) is 4.82. The summed E-state index contributed by atoms with van der Waals surface area (Å²) in [5.74, 6) is 0. The number of nitrogens with zero attached hydrogens (tertiary/aromatic N) is 1. The molecule has 19 heavy (non-hydrogen) atoms. The molecule has 0 atom stereocenters. The normalized spacial score (nSPS) is 18.7. The van der Waals surface area contributed by atoms with Crippen molar-refractivity contribution in [3.8, 4) is 0 Å². The summed E-state index contributed by atoms with van der Waals surface area (Å²) < 4.78 is 36.3. The Morgan fingerprint density at radius 1 is 1.11 bits per heavy atom. The Hall–Kier alpha value is -1.07.